The lowest BCUT2D eigenvalue weighted by atomic mass is 9.89. The highest BCUT2D eigenvalue weighted by atomic mass is 19.4. The van der Waals surface area contributed by atoms with Gasteiger partial charge in [-0.3, -0.25) is 0 Å². The zero-order valence-corrected chi connectivity index (χ0v) is 17.6. The Morgan fingerprint density at radius 3 is 2.06 bits per heavy atom. The van der Waals surface area contributed by atoms with Crippen LogP contribution in [0.25, 0.3) is 16.6 Å². The van der Waals surface area contributed by atoms with E-state index in [9.17, 15) is 17.6 Å². The Morgan fingerprint density at radius 1 is 0.970 bits per heavy atom. The predicted octanol–water partition coefficient (Wildman–Crippen LogP) is 4.75. The number of carboxylic acids is 2. The third-order valence-electron chi connectivity index (χ3n) is 5.61. The number of aromatic nitrogens is 1. The molecular weight excluding hydrogens is 444 g/mol. The molecule has 0 bridgehead atoms. The van der Waals surface area contributed by atoms with Crippen molar-refractivity contribution in [3.8, 4) is 5.69 Å². The maximum Gasteiger partial charge on any atom is 0.416 e. The van der Waals surface area contributed by atoms with E-state index >= 15 is 0 Å². The highest BCUT2D eigenvalue weighted by Crippen LogP contribution is 2.38. The largest absolute Gasteiger partial charge is 0.473 e. The van der Waals surface area contributed by atoms with Gasteiger partial charge in [0.15, 0.2) is 0 Å². The fraction of sp³-hybridized carbons (Fsp3) is 0.304. The summed E-state index contributed by atoms with van der Waals surface area (Å²) < 4.78 is 54.9. The van der Waals surface area contributed by atoms with Crippen LogP contribution < -0.4 is 0 Å². The van der Waals surface area contributed by atoms with E-state index < -0.39 is 23.7 Å². The summed E-state index contributed by atoms with van der Waals surface area (Å²) in [6.07, 6.45) is -0.630. The number of alkyl halides is 3. The molecule has 1 aliphatic rings. The van der Waals surface area contributed by atoms with Crippen LogP contribution in [-0.2, 0) is 15.8 Å². The van der Waals surface area contributed by atoms with Crippen molar-refractivity contribution in [1.29, 1.82) is 0 Å². The second kappa shape index (κ2) is 9.62. The van der Waals surface area contributed by atoms with Crippen LogP contribution in [0.1, 0.15) is 29.9 Å². The van der Waals surface area contributed by atoms with Crippen molar-refractivity contribution in [2.75, 3.05) is 20.1 Å². The number of hydrogen-bond donors (Lipinski definition) is 2. The molecular formula is C23H22F4N2O4. The second-order valence-electron chi connectivity index (χ2n) is 7.85. The van der Waals surface area contributed by atoms with E-state index in [-0.39, 0.29) is 11.7 Å². The van der Waals surface area contributed by atoms with E-state index in [2.05, 4.69) is 11.9 Å². The molecule has 0 radical (unpaired) electrons. The average molecular weight is 466 g/mol. The minimum absolute atomic E-state index is 0.217. The maximum atomic E-state index is 13.3. The summed E-state index contributed by atoms with van der Waals surface area (Å²) in [7, 11) is 2.06. The number of rotatable bonds is 2. The summed E-state index contributed by atoms with van der Waals surface area (Å²) in [5, 5.41) is 15.4. The van der Waals surface area contributed by atoms with Gasteiger partial charge < -0.3 is 19.7 Å². The number of aliphatic carboxylic acids is 2. The minimum atomic E-state index is -4.38. The molecule has 0 unspecified atom stereocenters. The Hall–Kier alpha value is -3.40. The van der Waals surface area contributed by atoms with Crippen molar-refractivity contribution < 1.29 is 37.4 Å². The Balaban J connectivity index is 0.000000454. The summed E-state index contributed by atoms with van der Waals surface area (Å²) in [5.41, 5.74) is 1.75. The summed E-state index contributed by atoms with van der Waals surface area (Å²) in [6.45, 7) is 1.85. The van der Waals surface area contributed by atoms with Gasteiger partial charge in [0, 0.05) is 17.3 Å². The topological polar surface area (TPSA) is 82.8 Å². The van der Waals surface area contributed by atoms with E-state index in [4.69, 9.17) is 19.8 Å². The lowest BCUT2D eigenvalue weighted by Gasteiger charge is -2.28. The van der Waals surface area contributed by atoms with Crippen molar-refractivity contribution in [3.05, 3.63) is 65.6 Å². The molecule has 0 amide bonds. The lowest BCUT2D eigenvalue weighted by molar-refractivity contribution is -0.159. The van der Waals surface area contributed by atoms with Gasteiger partial charge >= 0.3 is 18.1 Å². The summed E-state index contributed by atoms with van der Waals surface area (Å²) in [4.78, 5) is 20.4. The smallest absolute Gasteiger partial charge is 0.416 e. The zero-order valence-electron chi connectivity index (χ0n) is 17.6. The number of fused-ring (bicyclic) bond motifs is 1. The van der Waals surface area contributed by atoms with Crippen molar-refractivity contribution in [3.63, 3.8) is 0 Å². The maximum absolute atomic E-state index is 13.3. The van der Waals surface area contributed by atoms with Gasteiger partial charge in [0.05, 0.1) is 11.1 Å². The number of nitrogens with zero attached hydrogens (tertiary/aromatic N) is 2. The van der Waals surface area contributed by atoms with Crippen molar-refractivity contribution in [2.45, 2.75) is 24.9 Å². The van der Waals surface area contributed by atoms with Crippen LogP contribution in [0.5, 0.6) is 0 Å². The monoisotopic (exact) mass is 466 g/mol. The molecule has 0 spiro atoms. The van der Waals surface area contributed by atoms with Gasteiger partial charge in [0.1, 0.15) is 5.82 Å². The van der Waals surface area contributed by atoms with E-state index in [1.54, 1.807) is 12.1 Å². The van der Waals surface area contributed by atoms with E-state index in [1.807, 2.05) is 10.8 Å². The summed E-state index contributed by atoms with van der Waals surface area (Å²) >= 11 is 0. The molecule has 1 saturated heterocycles. The molecule has 1 fully saturated rings. The van der Waals surface area contributed by atoms with E-state index in [0.717, 1.165) is 43.2 Å². The normalized spacial score (nSPS) is 15.2. The zero-order chi connectivity index (χ0) is 24.3. The van der Waals surface area contributed by atoms with Gasteiger partial charge in [-0.2, -0.15) is 13.2 Å². The molecule has 4 rings (SSSR count). The molecule has 0 atom stereocenters. The fourth-order valence-electron chi connectivity index (χ4n) is 3.89. The van der Waals surface area contributed by atoms with Crippen molar-refractivity contribution in [2.24, 2.45) is 0 Å². The van der Waals surface area contributed by atoms with Crippen LogP contribution >= 0.6 is 0 Å². The number of hydrogen-bond acceptors (Lipinski definition) is 3. The standard InChI is InChI=1S/C21H20F4N2.C2H2O4/c1-26-10-8-14(9-11-26)19-13-27(17-5-3-16(22)4-6-17)20-7-2-15(12-18(19)20)21(23,24)25;3-1(4)2(5)6/h2-7,12-14H,8-11H2,1H3;(H,3,4)(H,5,6). The molecule has 33 heavy (non-hydrogen) atoms. The highest BCUT2D eigenvalue weighted by Gasteiger charge is 2.32. The highest BCUT2D eigenvalue weighted by molar-refractivity contribution is 6.27. The Labute approximate surface area is 186 Å². The number of benzene rings is 2. The molecule has 2 aromatic carbocycles. The lowest BCUT2D eigenvalue weighted by Crippen LogP contribution is -2.29. The fourth-order valence-corrected chi connectivity index (χ4v) is 3.89. The van der Waals surface area contributed by atoms with Gasteiger partial charge in [-0.15, -0.1) is 0 Å². The molecule has 176 valence electrons. The van der Waals surface area contributed by atoms with Crippen LogP contribution in [0.15, 0.2) is 48.7 Å². The molecule has 2 N–H and O–H groups in total. The van der Waals surface area contributed by atoms with Gasteiger partial charge in [-0.25, -0.2) is 14.0 Å². The molecule has 10 heteroatoms. The van der Waals surface area contributed by atoms with E-state index in [1.165, 1.54) is 24.3 Å². The number of halogens is 4. The number of piperidine rings is 1. The van der Waals surface area contributed by atoms with Crippen LogP contribution in [0.3, 0.4) is 0 Å². The number of carbonyl (C=O) groups is 2. The second-order valence-corrected chi connectivity index (χ2v) is 7.85. The molecule has 2 heterocycles. The number of likely N-dealkylation sites (tertiary alicyclic amines) is 1. The van der Waals surface area contributed by atoms with Crippen LogP contribution in [0.4, 0.5) is 17.6 Å². The quantitative estimate of drug-likeness (QED) is 0.421. The van der Waals surface area contributed by atoms with Crippen LogP contribution in [-0.4, -0.2) is 51.8 Å². The van der Waals surface area contributed by atoms with Gasteiger partial charge in [0.25, 0.3) is 0 Å². The Bertz CT molecular complexity index is 1140. The first-order valence-electron chi connectivity index (χ1n) is 10.1. The molecule has 6 nitrogen and oxygen atoms in total. The molecule has 1 aliphatic heterocycles. The molecule has 0 saturated carbocycles. The minimum Gasteiger partial charge on any atom is -0.473 e. The molecule has 3 aromatic rings. The summed E-state index contributed by atoms with van der Waals surface area (Å²) in [5.74, 6) is -3.77. The third-order valence-corrected chi connectivity index (χ3v) is 5.61. The van der Waals surface area contributed by atoms with Crippen LogP contribution in [0, 0.1) is 5.82 Å². The average Bonchev–Trinajstić information content (AvgIpc) is 3.13. The first kappa shape index (κ1) is 24.2. The summed E-state index contributed by atoms with van der Waals surface area (Å²) in [6, 6.07) is 9.89. The third kappa shape index (κ3) is 5.70. The Morgan fingerprint density at radius 2 is 1.55 bits per heavy atom. The molecule has 0 aliphatic carbocycles. The first-order chi connectivity index (χ1) is 15.5. The van der Waals surface area contributed by atoms with Gasteiger partial charge in [-0.1, -0.05) is 0 Å². The first-order valence-corrected chi connectivity index (χ1v) is 10.1. The van der Waals surface area contributed by atoms with Crippen LogP contribution in [0.2, 0.25) is 0 Å². The van der Waals surface area contributed by atoms with E-state index in [0.29, 0.717) is 10.9 Å². The van der Waals surface area contributed by atoms with Gasteiger partial charge in [0.2, 0.25) is 0 Å². The van der Waals surface area contributed by atoms with Crippen molar-refractivity contribution >= 4 is 22.8 Å². The predicted molar refractivity (Wildman–Crippen MR) is 113 cm³/mol. The van der Waals surface area contributed by atoms with Gasteiger partial charge in [-0.05, 0) is 86.9 Å². The SMILES string of the molecule is CN1CCC(c2cn(-c3ccc(F)cc3)c3ccc(C(F)(F)F)cc23)CC1.O=C(O)C(=O)O. The van der Waals surface area contributed by atoms with Crippen molar-refractivity contribution in [1.82, 2.24) is 9.47 Å². The molecule has 1 aromatic heterocycles. The Kier molecular flexibility index (Phi) is 7.06. The number of carboxylic acid groups (broad SMARTS) is 2.